The highest BCUT2D eigenvalue weighted by Gasteiger charge is 2.71. The zero-order valence-corrected chi connectivity index (χ0v) is 8.25. The summed E-state index contributed by atoms with van der Waals surface area (Å²) < 4.78 is 120. The number of carbonyl (C=O) groups excluding carboxylic acids is 2. The number of Topliss-reactive ketones (excluding diaryl/α,β-unsaturated/α-hetero) is 2. The van der Waals surface area contributed by atoms with Crippen molar-refractivity contribution < 1.29 is 53.5 Å². The van der Waals surface area contributed by atoms with Gasteiger partial charge in [0.15, 0.2) is 0 Å². The largest absolute Gasteiger partial charge is 0.461 e. The maximum absolute atomic E-state index is 12.6. The standard InChI is InChI=1S/C7H2F10O2/c8-1(3(9)10)2(18)5(11,12)4(19)6(13,14)7(15,16)17/h1,3H. The van der Waals surface area contributed by atoms with Crippen molar-refractivity contribution >= 4 is 11.6 Å². The van der Waals surface area contributed by atoms with Gasteiger partial charge in [0, 0.05) is 0 Å². The molecular weight excluding hydrogens is 306 g/mol. The van der Waals surface area contributed by atoms with E-state index in [1.807, 2.05) is 0 Å². The molecule has 0 radical (unpaired) electrons. The molecule has 0 amide bonds. The molecule has 0 saturated heterocycles. The van der Waals surface area contributed by atoms with Crippen LogP contribution in [0.2, 0.25) is 0 Å². The first kappa shape index (κ1) is 17.6. The Morgan fingerprint density at radius 3 is 1.42 bits per heavy atom. The highest BCUT2D eigenvalue weighted by molar-refractivity contribution is 6.13. The highest BCUT2D eigenvalue weighted by atomic mass is 19.4. The van der Waals surface area contributed by atoms with E-state index in [2.05, 4.69) is 0 Å². The first-order valence-corrected chi connectivity index (χ1v) is 4.01. The molecule has 0 aromatic rings. The molecule has 0 heterocycles. The van der Waals surface area contributed by atoms with Gasteiger partial charge in [-0.2, -0.15) is 30.7 Å². The van der Waals surface area contributed by atoms with E-state index in [1.165, 1.54) is 0 Å². The summed E-state index contributed by atoms with van der Waals surface area (Å²) in [4.78, 5) is 20.5. The average Bonchev–Trinajstić information content (AvgIpc) is 2.23. The summed E-state index contributed by atoms with van der Waals surface area (Å²) in [5.74, 6) is -20.9. The number of carbonyl (C=O) groups is 2. The van der Waals surface area contributed by atoms with E-state index in [0.717, 1.165) is 0 Å². The Hall–Kier alpha value is -1.36. The van der Waals surface area contributed by atoms with Gasteiger partial charge in [-0.15, -0.1) is 0 Å². The molecule has 0 bridgehead atoms. The molecule has 0 spiro atoms. The summed E-state index contributed by atoms with van der Waals surface area (Å²) in [6, 6.07) is 0. The summed E-state index contributed by atoms with van der Waals surface area (Å²) in [5, 5.41) is 0. The van der Waals surface area contributed by atoms with E-state index in [4.69, 9.17) is 0 Å². The maximum Gasteiger partial charge on any atom is 0.461 e. The van der Waals surface area contributed by atoms with E-state index < -0.39 is 42.2 Å². The van der Waals surface area contributed by atoms with Gasteiger partial charge in [-0.25, -0.2) is 13.2 Å². The van der Waals surface area contributed by atoms with E-state index >= 15 is 0 Å². The number of alkyl halides is 10. The van der Waals surface area contributed by atoms with Crippen LogP contribution >= 0.6 is 0 Å². The maximum atomic E-state index is 12.6. The molecule has 112 valence electrons. The second-order valence-corrected chi connectivity index (χ2v) is 3.08. The summed E-state index contributed by atoms with van der Waals surface area (Å²) >= 11 is 0. The number of halogens is 10. The van der Waals surface area contributed by atoms with Gasteiger partial charge in [-0.05, 0) is 0 Å². The van der Waals surface area contributed by atoms with Crippen LogP contribution in [0.5, 0.6) is 0 Å². The van der Waals surface area contributed by atoms with Gasteiger partial charge in [0.25, 0.3) is 12.2 Å². The molecule has 0 aliphatic heterocycles. The zero-order chi connectivity index (χ0) is 15.8. The molecule has 0 aliphatic rings. The van der Waals surface area contributed by atoms with E-state index in [1.54, 1.807) is 0 Å². The van der Waals surface area contributed by atoms with Gasteiger partial charge in [0.2, 0.25) is 12.0 Å². The monoisotopic (exact) mass is 308 g/mol. The molecule has 0 aromatic carbocycles. The lowest BCUT2D eigenvalue weighted by atomic mass is 10.0. The number of hydrogen-bond donors (Lipinski definition) is 0. The quantitative estimate of drug-likeness (QED) is 0.578. The van der Waals surface area contributed by atoms with Crippen LogP contribution in [0, 0.1) is 0 Å². The summed E-state index contributed by atoms with van der Waals surface area (Å²) in [7, 11) is 0. The molecule has 0 rings (SSSR count). The fraction of sp³-hybridized carbons (Fsp3) is 0.714. The Bertz CT molecular complexity index is 371. The molecule has 0 aromatic heterocycles. The van der Waals surface area contributed by atoms with Crippen LogP contribution in [-0.4, -0.2) is 42.2 Å². The Balaban J connectivity index is 5.45. The normalized spacial score (nSPS) is 15.5. The third kappa shape index (κ3) is 3.15. The lowest BCUT2D eigenvalue weighted by Crippen LogP contribution is -2.56. The van der Waals surface area contributed by atoms with Crippen molar-refractivity contribution in [3.05, 3.63) is 0 Å². The molecule has 1 atom stereocenters. The Morgan fingerprint density at radius 1 is 0.789 bits per heavy atom. The minimum Gasteiger partial charge on any atom is -0.289 e. The van der Waals surface area contributed by atoms with Crippen LogP contribution in [0.1, 0.15) is 0 Å². The van der Waals surface area contributed by atoms with Crippen molar-refractivity contribution in [2.24, 2.45) is 0 Å². The third-order valence-electron chi connectivity index (χ3n) is 1.71. The topological polar surface area (TPSA) is 34.1 Å². The number of rotatable bonds is 5. The van der Waals surface area contributed by atoms with Gasteiger partial charge < -0.3 is 0 Å². The molecule has 12 heteroatoms. The molecule has 0 saturated carbocycles. The van der Waals surface area contributed by atoms with Crippen molar-refractivity contribution in [3.8, 4) is 0 Å². The summed E-state index contributed by atoms with van der Waals surface area (Å²) in [6.45, 7) is 0. The van der Waals surface area contributed by atoms with Gasteiger partial charge in [0.05, 0.1) is 0 Å². The average molecular weight is 308 g/mol. The van der Waals surface area contributed by atoms with Crippen molar-refractivity contribution in [2.45, 2.75) is 30.6 Å². The lowest BCUT2D eigenvalue weighted by molar-refractivity contribution is -0.276. The van der Waals surface area contributed by atoms with Crippen LogP contribution in [0.25, 0.3) is 0 Å². The molecule has 0 N–H and O–H groups in total. The lowest BCUT2D eigenvalue weighted by Gasteiger charge is -2.23. The predicted molar refractivity (Wildman–Crippen MR) is 36.9 cm³/mol. The molecule has 1 unspecified atom stereocenters. The minimum atomic E-state index is -6.79. The first-order chi connectivity index (χ1) is 8.17. The Kier molecular flexibility index (Phi) is 4.61. The van der Waals surface area contributed by atoms with Crippen molar-refractivity contribution in [3.63, 3.8) is 0 Å². The zero-order valence-electron chi connectivity index (χ0n) is 8.25. The third-order valence-corrected chi connectivity index (χ3v) is 1.71. The molecule has 0 fully saturated rings. The Morgan fingerprint density at radius 2 is 1.16 bits per heavy atom. The second-order valence-electron chi connectivity index (χ2n) is 3.08. The number of hydrogen-bond acceptors (Lipinski definition) is 2. The number of ketones is 2. The van der Waals surface area contributed by atoms with Crippen LogP contribution in [0.3, 0.4) is 0 Å². The SMILES string of the molecule is O=C(C(F)C(F)F)C(F)(F)C(=O)C(F)(F)C(F)(F)F. The summed E-state index contributed by atoms with van der Waals surface area (Å²) in [5.41, 5.74) is 0. The van der Waals surface area contributed by atoms with E-state index in [9.17, 15) is 53.5 Å². The molecule has 0 aliphatic carbocycles. The van der Waals surface area contributed by atoms with Gasteiger partial charge >= 0.3 is 18.0 Å². The fourth-order valence-electron chi connectivity index (χ4n) is 0.725. The van der Waals surface area contributed by atoms with Crippen molar-refractivity contribution in [1.82, 2.24) is 0 Å². The van der Waals surface area contributed by atoms with Crippen molar-refractivity contribution in [1.29, 1.82) is 0 Å². The first-order valence-electron chi connectivity index (χ1n) is 4.01. The highest BCUT2D eigenvalue weighted by Crippen LogP contribution is 2.41. The molecule has 19 heavy (non-hydrogen) atoms. The predicted octanol–water partition coefficient (Wildman–Crippen LogP) is 2.56. The minimum absolute atomic E-state index is 3.67. The van der Waals surface area contributed by atoms with Crippen LogP contribution in [0.4, 0.5) is 43.9 Å². The molecular formula is C7H2F10O2. The summed E-state index contributed by atoms with van der Waals surface area (Å²) in [6.07, 6.45) is -15.6. The van der Waals surface area contributed by atoms with E-state index in [-0.39, 0.29) is 0 Å². The fourth-order valence-corrected chi connectivity index (χ4v) is 0.725. The Labute approximate surface area is 96.9 Å². The van der Waals surface area contributed by atoms with Crippen molar-refractivity contribution in [2.75, 3.05) is 0 Å². The van der Waals surface area contributed by atoms with E-state index in [0.29, 0.717) is 0 Å². The smallest absolute Gasteiger partial charge is 0.289 e. The van der Waals surface area contributed by atoms with Gasteiger partial charge in [0.1, 0.15) is 0 Å². The van der Waals surface area contributed by atoms with Crippen LogP contribution in [0.15, 0.2) is 0 Å². The second kappa shape index (κ2) is 4.96. The van der Waals surface area contributed by atoms with Gasteiger partial charge in [-0.1, -0.05) is 0 Å². The van der Waals surface area contributed by atoms with Crippen LogP contribution in [-0.2, 0) is 9.59 Å². The molecule has 2 nitrogen and oxygen atoms in total. The van der Waals surface area contributed by atoms with Gasteiger partial charge in [-0.3, -0.25) is 9.59 Å². The van der Waals surface area contributed by atoms with Crippen LogP contribution < -0.4 is 0 Å².